The molecule has 1 aliphatic rings. The maximum Gasteiger partial charge on any atom is 0.303 e. The first kappa shape index (κ1) is 16.6. The van der Waals surface area contributed by atoms with E-state index in [0.29, 0.717) is 6.42 Å². The summed E-state index contributed by atoms with van der Waals surface area (Å²) in [6.45, 7) is 0.995. The normalized spacial score (nSPS) is 13.9. The summed E-state index contributed by atoms with van der Waals surface area (Å²) in [7, 11) is 0. The van der Waals surface area contributed by atoms with Crippen LogP contribution < -0.4 is 10.2 Å². The summed E-state index contributed by atoms with van der Waals surface area (Å²) in [6.07, 6.45) is 3.86. The van der Waals surface area contributed by atoms with Crippen LogP contribution in [-0.4, -0.2) is 30.1 Å². The fourth-order valence-corrected chi connectivity index (χ4v) is 2.53. The lowest BCUT2D eigenvalue weighted by atomic mass is 10.0. The molecule has 0 aromatic heterocycles. The number of aliphatic carboxylic acids is 1. The van der Waals surface area contributed by atoms with Crippen LogP contribution in [0.2, 0.25) is 0 Å². The number of nitrogens with one attached hydrogen (secondary N) is 1. The third-order valence-corrected chi connectivity index (χ3v) is 3.65. The Morgan fingerprint density at radius 3 is 2.91 bits per heavy atom. The van der Waals surface area contributed by atoms with Gasteiger partial charge in [0.05, 0.1) is 0 Å². The van der Waals surface area contributed by atoms with Gasteiger partial charge in [-0.1, -0.05) is 18.2 Å². The molecule has 0 unspecified atom stereocenters. The van der Waals surface area contributed by atoms with Crippen LogP contribution in [0.25, 0.3) is 0 Å². The molecule has 0 atom stereocenters. The van der Waals surface area contributed by atoms with Gasteiger partial charge >= 0.3 is 5.97 Å². The Balaban J connectivity index is 2.03. The molecule has 2 N–H and O–H groups in total. The molecular formula is C17H19N3O3. The smallest absolute Gasteiger partial charge is 0.303 e. The van der Waals surface area contributed by atoms with E-state index in [1.807, 2.05) is 35.2 Å². The van der Waals surface area contributed by atoms with Crippen LogP contribution >= 0.6 is 0 Å². The Kier molecular flexibility index (Phi) is 5.75. The van der Waals surface area contributed by atoms with E-state index >= 15 is 0 Å². The number of rotatable bonds is 6. The molecule has 0 fully saturated rings. The zero-order valence-electron chi connectivity index (χ0n) is 12.8. The minimum absolute atomic E-state index is 0.00855. The maximum atomic E-state index is 12.0. The highest BCUT2D eigenvalue weighted by Gasteiger charge is 2.17. The molecule has 6 heteroatoms. The zero-order valence-corrected chi connectivity index (χ0v) is 12.8. The van der Waals surface area contributed by atoms with Crippen molar-refractivity contribution in [3.05, 3.63) is 41.6 Å². The van der Waals surface area contributed by atoms with Gasteiger partial charge < -0.3 is 15.3 Å². The van der Waals surface area contributed by atoms with Gasteiger partial charge in [-0.05, 0) is 30.9 Å². The fraction of sp³-hybridized carbons (Fsp3) is 0.353. The number of amides is 1. The first-order chi connectivity index (χ1) is 11.1. The molecule has 6 nitrogen and oxygen atoms in total. The van der Waals surface area contributed by atoms with Gasteiger partial charge in [0.15, 0.2) is 0 Å². The molecule has 0 bridgehead atoms. The quantitative estimate of drug-likeness (QED) is 0.475. The third kappa shape index (κ3) is 4.58. The number of carbonyl (C=O) groups excluding carboxylic acids is 1. The Bertz CT molecular complexity index is 661. The fourth-order valence-electron chi connectivity index (χ4n) is 2.53. The highest BCUT2D eigenvalue weighted by atomic mass is 16.4. The van der Waals surface area contributed by atoms with Crippen molar-refractivity contribution in [2.45, 2.75) is 25.7 Å². The molecule has 0 spiro atoms. The van der Waals surface area contributed by atoms with E-state index < -0.39 is 11.9 Å². The van der Waals surface area contributed by atoms with Gasteiger partial charge in [0.2, 0.25) is 0 Å². The Morgan fingerprint density at radius 2 is 2.17 bits per heavy atom. The third-order valence-electron chi connectivity index (χ3n) is 3.65. The number of carbonyl (C=O) groups is 2. The minimum Gasteiger partial charge on any atom is -0.481 e. The van der Waals surface area contributed by atoms with E-state index in [-0.39, 0.29) is 18.5 Å². The average Bonchev–Trinajstić information content (AvgIpc) is 2.56. The molecule has 1 aromatic carbocycles. The van der Waals surface area contributed by atoms with Gasteiger partial charge in [-0.2, -0.15) is 5.26 Å². The Morgan fingerprint density at radius 1 is 1.39 bits per heavy atom. The van der Waals surface area contributed by atoms with Gasteiger partial charge in [0.25, 0.3) is 5.91 Å². The number of nitrogens with zero attached hydrogens (tertiary/aromatic N) is 2. The van der Waals surface area contributed by atoms with Crippen LogP contribution in [0.5, 0.6) is 0 Å². The van der Waals surface area contributed by atoms with Crippen LogP contribution in [0, 0.1) is 11.3 Å². The lowest BCUT2D eigenvalue weighted by Crippen LogP contribution is -2.29. The van der Waals surface area contributed by atoms with Gasteiger partial charge in [-0.25, -0.2) is 0 Å². The van der Waals surface area contributed by atoms with E-state index in [1.54, 1.807) is 6.20 Å². The molecule has 0 radical (unpaired) electrons. The van der Waals surface area contributed by atoms with Crippen molar-refractivity contribution in [1.29, 1.82) is 5.26 Å². The van der Waals surface area contributed by atoms with Crippen molar-refractivity contribution >= 4 is 17.6 Å². The van der Waals surface area contributed by atoms with Crippen LogP contribution in [-0.2, 0) is 16.0 Å². The monoisotopic (exact) mass is 313 g/mol. The number of carboxylic acid groups (broad SMARTS) is 1. The van der Waals surface area contributed by atoms with E-state index in [2.05, 4.69) is 5.32 Å². The summed E-state index contributed by atoms with van der Waals surface area (Å²) in [5.74, 6) is -1.37. The topological polar surface area (TPSA) is 93.4 Å². The Labute approximate surface area is 135 Å². The van der Waals surface area contributed by atoms with E-state index in [1.165, 1.54) is 5.56 Å². The number of hydrogen-bond donors (Lipinski definition) is 2. The van der Waals surface area contributed by atoms with Crippen molar-refractivity contribution in [3.63, 3.8) is 0 Å². The highest BCUT2D eigenvalue weighted by molar-refractivity contribution is 5.97. The number of anilines is 1. The number of para-hydroxylation sites is 1. The number of fused-ring (bicyclic) bond motifs is 1. The molecule has 1 heterocycles. The second kappa shape index (κ2) is 7.99. The molecule has 120 valence electrons. The van der Waals surface area contributed by atoms with Gasteiger partial charge in [-0.15, -0.1) is 0 Å². The number of nitriles is 1. The Hall–Kier alpha value is -2.81. The number of aryl methyl sites for hydroxylation is 1. The lowest BCUT2D eigenvalue weighted by molar-refractivity contribution is -0.137. The van der Waals surface area contributed by atoms with Crippen LogP contribution in [0.3, 0.4) is 0 Å². The largest absolute Gasteiger partial charge is 0.481 e. The molecule has 0 saturated carbocycles. The van der Waals surface area contributed by atoms with E-state index in [0.717, 1.165) is 25.1 Å². The summed E-state index contributed by atoms with van der Waals surface area (Å²) < 4.78 is 0. The van der Waals surface area contributed by atoms with Crippen molar-refractivity contribution in [3.8, 4) is 6.07 Å². The summed E-state index contributed by atoms with van der Waals surface area (Å²) >= 11 is 0. The number of benzene rings is 1. The zero-order chi connectivity index (χ0) is 16.7. The summed E-state index contributed by atoms with van der Waals surface area (Å²) in [4.78, 5) is 24.4. The van der Waals surface area contributed by atoms with E-state index in [9.17, 15) is 14.9 Å². The van der Waals surface area contributed by atoms with E-state index in [4.69, 9.17) is 5.11 Å². The van der Waals surface area contributed by atoms with Gasteiger partial charge in [0.1, 0.15) is 11.6 Å². The summed E-state index contributed by atoms with van der Waals surface area (Å²) in [5, 5.41) is 20.4. The molecule has 1 aromatic rings. The van der Waals surface area contributed by atoms with Gasteiger partial charge in [-0.3, -0.25) is 9.59 Å². The van der Waals surface area contributed by atoms with Gasteiger partial charge in [0, 0.05) is 31.4 Å². The van der Waals surface area contributed by atoms with Crippen molar-refractivity contribution in [1.82, 2.24) is 5.32 Å². The second-order valence-corrected chi connectivity index (χ2v) is 5.33. The average molecular weight is 313 g/mol. The molecule has 0 aliphatic carbocycles. The van der Waals surface area contributed by atoms with Crippen molar-refractivity contribution < 1.29 is 14.7 Å². The number of carboxylic acids is 1. The molecule has 0 saturated heterocycles. The molecular weight excluding hydrogens is 294 g/mol. The highest BCUT2D eigenvalue weighted by Crippen LogP contribution is 2.27. The molecule has 1 aliphatic heterocycles. The second-order valence-electron chi connectivity index (χ2n) is 5.33. The molecule has 1 amide bonds. The predicted molar refractivity (Wildman–Crippen MR) is 85.7 cm³/mol. The molecule has 23 heavy (non-hydrogen) atoms. The predicted octanol–water partition coefficient (Wildman–Crippen LogP) is 1.83. The van der Waals surface area contributed by atoms with Crippen LogP contribution in [0.1, 0.15) is 24.8 Å². The summed E-state index contributed by atoms with van der Waals surface area (Å²) in [5.41, 5.74) is 2.25. The van der Waals surface area contributed by atoms with Crippen molar-refractivity contribution in [2.75, 3.05) is 18.0 Å². The molecule has 2 rings (SSSR count). The first-order valence-electron chi connectivity index (χ1n) is 7.58. The maximum absolute atomic E-state index is 12.0. The number of hydrogen-bond acceptors (Lipinski definition) is 4. The standard InChI is InChI=1S/C17H19N3O3/c18-11-14(17(23)19-9-3-8-16(21)22)12-20-10-4-6-13-5-1-2-7-15(13)20/h1-2,5,7,12H,3-4,6,8-10H2,(H,19,23)(H,21,22)/b14-12-. The lowest BCUT2D eigenvalue weighted by Gasteiger charge is -2.28. The first-order valence-corrected chi connectivity index (χ1v) is 7.58. The van der Waals surface area contributed by atoms with Crippen molar-refractivity contribution in [2.24, 2.45) is 0 Å². The summed E-state index contributed by atoms with van der Waals surface area (Å²) in [6, 6.07) is 9.86. The minimum atomic E-state index is -0.903. The van der Waals surface area contributed by atoms with Crippen LogP contribution in [0.15, 0.2) is 36.0 Å². The van der Waals surface area contributed by atoms with Crippen LogP contribution in [0.4, 0.5) is 5.69 Å². The SMILES string of the molecule is N#C/C(=C/N1CCCc2ccccc21)C(=O)NCCCC(=O)O.